The van der Waals surface area contributed by atoms with Crippen molar-refractivity contribution in [2.75, 3.05) is 13.1 Å². The molecule has 26 heavy (non-hydrogen) atoms. The molecule has 3 aromatic rings. The first kappa shape index (κ1) is 17.3. The second-order valence-corrected chi connectivity index (χ2v) is 7.49. The standard InChI is InChI=1S/C23H23ClN2/c24-23-8-6-20(7-9-23)22-14-18(15-25-16-22)17-26-12-10-21(11-13-26)19-4-2-1-3-5-19/h1-9,14-16,21H,10-13,17H2. The summed E-state index contributed by atoms with van der Waals surface area (Å²) in [6.45, 7) is 3.26. The van der Waals surface area contributed by atoms with Gasteiger partial charge in [-0.05, 0) is 66.7 Å². The number of halogens is 1. The number of pyridine rings is 1. The maximum absolute atomic E-state index is 5.99. The molecule has 0 bridgehead atoms. The van der Waals surface area contributed by atoms with Gasteiger partial charge in [-0.1, -0.05) is 54.1 Å². The molecule has 1 fully saturated rings. The molecular formula is C23H23ClN2. The van der Waals surface area contributed by atoms with Crippen LogP contribution in [-0.2, 0) is 6.54 Å². The van der Waals surface area contributed by atoms with Crippen LogP contribution in [-0.4, -0.2) is 23.0 Å². The lowest BCUT2D eigenvalue weighted by molar-refractivity contribution is 0.204. The van der Waals surface area contributed by atoms with Crippen molar-refractivity contribution in [2.24, 2.45) is 0 Å². The maximum atomic E-state index is 5.99. The first-order chi connectivity index (χ1) is 12.8. The number of hydrogen-bond donors (Lipinski definition) is 0. The Labute approximate surface area is 160 Å². The van der Waals surface area contributed by atoms with Gasteiger partial charge in [-0.3, -0.25) is 9.88 Å². The van der Waals surface area contributed by atoms with E-state index in [1.807, 2.05) is 24.5 Å². The molecule has 0 saturated carbocycles. The fraction of sp³-hybridized carbons (Fsp3) is 0.261. The van der Waals surface area contributed by atoms with Gasteiger partial charge < -0.3 is 0 Å². The van der Waals surface area contributed by atoms with Crippen molar-refractivity contribution in [1.82, 2.24) is 9.88 Å². The summed E-state index contributed by atoms with van der Waals surface area (Å²) >= 11 is 5.99. The van der Waals surface area contributed by atoms with Gasteiger partial charge in [0.1, 0.15) is 0 Å². The third-order valence-corrected chi connectivity index (χ3v) is 5.49. The first-order valence-electron chi connectivity index (χ1n) is 9.25. The molecule has 2 nitrogen and oxygen atoms in total. The lowest BCUT2D eigenvalue weighted by Gasteiger charge is -2.32. The summed E-state index contributed by atoms with van der Waals surface area (Å²) in [7, 11) is 0. The summed E-state index contributed by atoms with van der Waals surface area (Å²) in [5, 5.41) is 0.763. The summed E-state index contributed by atoms with van der Waals surface area (Å²) in [6.07, 6.45) is 6.37. The van der Waals surface area contributed by atoms with Crippen LogP contribution < -0.4 is 0 Å². The molecule has 2 aromatic carbocycles. The zero-order valence-corrected chi connectivity index (χ0v) is 15.6. The summed E-state index contributed by atoms with van der Waals surface area (Å²) in [6, 6.07) is 21.1. The van der Waals surface area contributed by atoms with Crippen LogP contribution >= 0.6 is 11.6 Å². The van der Waals surface area contributed by atoms with E-state index in [9.17, 15) is 0 Å². The number of nitrogens with zero attached hydrogens (tertiary/aromatic N) is 2. The van der Waals surface area contributed by atoms with Gasteiger partial charge in [0, 0.05) is 29.5 Å². The molecule has 3 heteroatoms. The third kappa shape index (κ3) is 4.14. The van der Waals surface area contributed by atoms with Gasteiger partial charge in [-0.15, -0.1) is 0 Å². The fourth-order valence-corrected chi connectivity index (χ4v) is 3.91. The molecular weight excluding hydrogens is 340 g/mol. The third-order valence-electron chi connectivity index (χ3n) is 5.24. The van der Waals surface area contributed by atoms with Crippen molar-refractivity contribution in [1.29, 1.82) is 0 Å². The highest BCUT2D eigenvalue weighted by Crippen LogP contribution is 2.29. The Balaban J connectivity index is 1.39. The van der Waals surface area contributed by atoms with Crippen molar-refractivity contribution in [3.63, 3.8) is 0 Å². The highest BCUT2D eigenvalue weighted by atomic mass is 35.5. The second kappa shape index (κ2) is 8.03. The predicted octanol–water partition coefficient (Wildman–Crippen LogP) is 5.78. The molecule has 1 aliphatic rings. The highest BCUT2D eigenvalue weighted by molar-refractivity contribution is 6.30. The van der Waals surface area contributed by atoms with Crippen LogP contribution in [0.5, 0.6) is 0 Å². The van der Waals surface area contributed by atoms with Gasteiger partial charge in [-0.25, -0.2) is 0 Å². The molecule has 0 N–H and O–H groups in total. The molecule has 0 amide bonds. The van der Waals surface area contributed by atoms with Crippen molar-refractivity contribution < 1.29 is 0 Å². The number of hydrogen-bond acceptors (Lipinski definition) is 2. The number of likely N-dealkylation sites (tertiary alicyclic amines) is 1. The molecule has 4 rings (SSSR count). The van der Waals surface area contributed by atoms with E-state index in [-0.39, 0.29) is 0 Å². The Morgan fingerprint density at radius 2 is 1.62 bits per heavy atom. The van der Waals surface area contributed by atoms with E-state index in [2.05, 4.69) is 58.4 Å². The number of rotatable bonds is 4. The SMILES string of the molecule is Clc1ccc(-c2cncc(CN3CCC(c4ccccc4)CC3)c2)cc1. The number of piperidine rings is 1. The minimum Gasteiger partial charge on any atom is -0.299 e. The molecule has 2 heterocycles. The van der Waals surface area contributed by atoms with E-state index in [0.29, 0.717) is 5.92 Å². The molecule has 1 aromatic heterocycles. The maximum Gasteiger partial charge on any atom is 0.0406 e. The summed E-state index contributed by atoms with van der Waals surface area (Å²) in [5.74, 6) is 0.700. The molecule has 0 unspecified atom stereocenters. The molecule has 0 aliphatic carbocycles. The average Bonchev–Trinajstić information content (AvgIpc) is 2.70. The summed E-state index contributed by atoms with van der Waals surface area (Å²) in [5.41, 5.74) is 5.07. The Kier molecular flexibility index (Phi) is 5.33. The number of aromatic nitrogens is 1. The molecule has 0 atom stereocenters. The zero-order valence-electron chi connectivity index (χ0n) is 14.8. The minimum atomic E-state index is 0.700. The van der Waals surface area contributed by atoms with Gasteiger partial charge in [0.25, 0.3) is 0 Å². The molecule has 0 radical (unpaired) electrons. The molecule has 0 spiro atoms. The van der Waals surface area contributed by atoms with Crippen LogP contribution in [0.1, 0.15) is 29.9 Å². The topological polar surface area (TPSA) is 16.1 Å². The van der Waals surface area contributed by atoms with E-state index < -0.39 is 0 Å². The monoisotopic (exact) mass is 362 g/mol. The van der Waals surface area contributed by atoms with Gasteiger partial charge >= 0.3 is 0 Å². The largest absolute Gasteiger partial charge is 0.299 e. The van der Waals surface area contributed by atoms with Gasteiger partial charge in [0.15, 0.2) is 0 Å². The first-order valence-corrected chi connectivity index (χ1v) is 9.63. The van der Waals surface area contributed by atoms with E-state index in [1.165, 1.54) is 24.0 Å². The minimum absolute atomic E-state index is 0.700. The van der Waals surface area contributed by atoms with Crippen LogP contribution in [0.4, 0.5) is 0 Å². The van der Waals surface area contributed by atoms with Gasteiger partial charge in [0.05, 0.1) is 0 Å². The lowest BCUT2D eigenvalue weighted by atomic mass is 9.89. The van der Waals surface area contributed by atoms with Crippen molar-refractivity contribution in [3.8, 4) is 11.1 Å². The zero-order chi connectivity index (χ0) is 17.8. The van der Waals surface area contributed by atoms with E-state index >= 15 is 0 Å². The van der Waals surface area contributed by atoms with Crippen LogP contribution in [0.3, 0.4) is 0 Å². The van der Waals surface area contributed by atoms with Crippen LogP contribution in [0, 0.1) is 0 Å². The average molecular weight is 363 g/mol. The predicted molar refractivity (Wildman–Crippen MR) is 108 cm³/mol. The van der Waals surface area contributed by atoms with Crippen LogP contribution in [0.2, 0.25) is 5.02 Å². The van der Waals surface area contributed by atoms with E-state index in [1.54, 1.807) is 0 Å². The Bertz CT molecular complexity index is 838. The highest BCUT2D eigenvalue weighted by Gasteiger charge is 2.20. The Morgan fingerprint density at radius 3 is 2.35 bits per heavy atom. The van der Waals surface area contributed by atoms with Crippen LogP contribution in [0.15, 0.2) is 73.1 Å². The Morgan fingerprint density at radius 1 is 0.885 bits per heavy atom. The molecule has 132 valence electrons. The van der Waals surface area contributed by atoms with E-state index in [4.69, 9.17) is 11.6 Å². The summed E-state index contributed by atoms with van der Waals surface area (Å²) < 4.78 is 0. The van der Waals surface area contributed by atoms with Gasteiger partial charge in [0.2, 0.25) is 0 Å². The van der Waals surface area contributed by atoms with Gasteiger partial charge in [-0.2, -0.15) is 0 Å². The van der Waals surface area contributed by atoms with Crippen molar-refractivity contribution in [2.45, 2.75) is 25.3 Å². The number of benzene rings is 2. The van der Waals surface area contributed by atoms with Crippen LogP contribution in [0.25, 0.3) is 11.1 Å². The van der Waals surface area contributed by atoms with Crippen molar-refractivity contribution in [3.05, 3.63) is 89.2 Å². The summed E-state index contributed by atoms with van der Waals surface area (Å²) in [4.78, 5) is 7.00. The fourth-order valence-electron chi connectivity index (χ4n) is 3.78. The lowest BCUT2D eigenvalue weighted by Crippen LogP contribution is -2.32. The normalized spacial score (nSPS) is 15.9. The second-order valence-electron chi connectivity index (χ2n) is 7.05. The van der Waals surface area contributed by atoms with Crippen molar-refractivity contribution >= 4 is 11.6 Å². The Hall–Kier alpha value is -2.16. The quantitative estimate of drug-likeness (QED) is 0.584. The molecule has 1 aliphatic heterocycles. The molecule has 1 saturated heterocycles. The van der Waals surface area contributed by atoms with E-state index in [0.717, 1.165) is 35.8 Å². The smallest absolute Gasteiger partial charge is 0.0406 e.